The van der Waals surface area contributed by atoms with Crippen LogP contribution in [0.5, 0.6) is 0 Å². The lowest BCUT2D eigenvalue weighted by molar-refractivity contribution is 0.601. The zero-order valence-corrected chi connectivity index (χ0v) is 11.1. The van der Waals surface area contributed by atoms with E-state index in [1.54, 1.807) is 0 Å². The maximum atomic E-state index is 13.5. The lowest BCUT2D eigenvalue weighted by Gasteiger charge is -1.98. The Kier molecular flexibility index (Phi) is 3.19. The molecule has 1 aromatic carbocycles. The first kappa shape index (κ1) is 12.5. The second-order valence-electron chi connectivity index (χ2n) is 3.03. The molecule has 0 spiro atoms. The third-order valence-electron chi connectivity index (χ3n) is 1.87. The van der Waals surface area contributed by atoms with Gasteiger partial charge in [-0.05, 0) is 18.2 Å². The number of halogens is 3. The standard InChI is InChI=1S/C8H4BrClFN3O2S/c9-4-1-2-6(11)5(3-4)7-12-8(14-13-7)17(10,15)16/h1-3H,(H,12,13,14). The molecule has 17 heavy (non-hydrogen) atoms. The molecule has 2 aromatic rings. The summed E-state index contributed by atoms with van der Waals surface area (Å²) in [7, 11) is 1.06. The molecule has 90 valence electrons. The smallest absolute Gasteiger partial charge is 0.248 e. The van der Waals surface area contributed by atoms with Gasteiger partial charge in [0.2, 0.25) is 0 Å². The Morgan fingerprint density at radius 1 is 1.41 bits per heavy atom. The first-order chi connectivity index (χ1) is 7.88. The number of hydrogen-bond donors (Lipinski definition) is 1. The number of aromatic nitrogens is 3. The van der Waals surface area contributed by atoms with Crippen LogP contribution < -0.4 is 0 Å². The lowest BCUT2D eigenvalue weighted by Crippen LogP contribution is -1.93. The summed E-state index contributed by atoms with van der Waals surface area (Å²) in [5.41, 5.74) is 0.0715. The van der Waals surface area contributed by atoms with Crippen molar-refractivity contribution in [2.24, 2.45) is 0 Å². The summed E-state index contributed by atoms with van der Waals surface area (Å²) in [6.45, 7) is 0. The van der Waals surface area contributed by atoms with Gasteiger partial charge in [0.05, 0.1) is 5.56 Å². The van der Waals surface area contributed by atoms with Gasteiger partial charge in [-0.2, -0.15) is 10.1 Å². The fourth-order valence-electron chi connectivity index (χ4n) is 1.15. The summed E-state index contributed by atoms with van der Waals surface area (Å²) < 4.78 is 36.0. The minimum Gasteiger partial charge on any atom is -0.248 e. The van der Waals surface area contributed by atoms with Gasteiger partial charge in [-0.3, -0.25) is 0 Å². The molecule has 1 aromatic heterocycles. The van der Waals surface area contributed by atoms with Crippen LogP contribution >= 0.6 is 26.6 Å². The average Bonchev–Trinajstić information content (AvgIpc) is 2.70. The van der Waals surface area contributed by atoms with Crippen LogP contribution in [0.25, 0.3) is 11.4 Å². The third kappa shape index (κ3) is 2.64. The summed E-state index contributed by atoms with van der Waals surface area (Å²) >= 11 is 3.16. The summed E-state index contributed by atoms with van der Waals surface area (Å²) in [4.78, 5) is 3.61. The molecule has 0 unspecified atom stereocenters. The molecule has 1 heterocycles. The van der Waals surface area contributed by atoms with Gasteiger partial charge in [-0.15, -0.1) is 0 Å². The molecule has 0 radical (unpaired) electrons. The number of rotatable bonds is 2. The number of H-pyrrole nitrogens is 1. The highest BCUT2D eigenvalue weighted by Crippen LogP contribution is 2.24. The molecule has 1 N–H and O–H groups in total. The fourth-order valence-corrected chi connectivity index (χ4v) is 2.06. The number of nitrogens with zero attached hydrogens (tertiary/aromatic N) is 2. The van der Waals surface area contributed by atoms with E-state index in [1.165, 1.54) is 18.2 Å². The molecule has 5 nitrogen and oxygen atoms in total. The monoisotopic (exact) mass is 339 g/mol. The molecular weight excluding hydrogens is 337 g/mol. The number of benzene rings is 1. The second-order valence-corrected chi connectivity index (χ2v) is 6.42. The molecule has 0 saturated carbocycles. The zero-order chi connectivity index (χ0) is 12.6. The SMILES string of the molecule is O=S(=O)(Cl)c1nc(-c2cc(Br)ccc2F)n[nH]1. The van der Waals surface area contributed by atoms with Crippen molar-refractivity contribution >= 4 is 35.7 Å². The normalized spacial score (nSPS) is 11.7. The van der Waals surface area contributed by atoms with Gasteiger partial charge in [-0.1, -0.05) is 15.9 Å². The van der Waals surface area contributed by atoms with Gasteiger partial charge in [0.1, 0.15) is 5.82 Å². The number of aromatic amines is 1. The Balaban J connectivity index is 2.55. The Bertz CT molecular complexity index is 673. The summed E-state index contributed by atoms with van der Waals surface area (Å²) in [6, 6.07) is 4.15. The quantitative estimate of drug-likeness (QED) is 0.851. The van der Waals surface area contributed by atoms with Crippen LogP contribution in [0.15, 0.2) is 27.8 Å². The van der Waals surface area contributed by atoms with Crippen molar-refractivity contribution in [1.82, 2.24) is 15.2 Å². The first-order valence-electron chi connectivity index (χ1n) is 4.20. The van der Waals surface area contributed by atoms with E-state index in [4.69, 9.17) is 10.7 Å². The van der Waals surface area contributed by atoms with E-state index >= 15 is 0 Å². The third-order valence-corrected chi connectivity index (χ3v) is 3.44. The van der Waals surface area contributed by atoms with Crippen LogP contribution in [-0.2, 0) is 9.05 Å². The van der Waals surface area contributed by atoms with Crippen molar-refractivity contribution in [3.63, 3.8) is 0 Å². The summed E-state index contributed by atoms with van der Waals surface area (Å²) in [6.07, 6.45) is 0. The maximum Gasteiger partial charge on any atom is 0.296 e. The molecule has 0 aliphatic heterocycles. The molecule has 0 aliphatic carbocycles. The largest absolute Gasteiger partial charge is 0.296 e. The predicted molar refractivity (Wildman–Crippen MR) is 62.5 cm³/mol. The molecule has 0 aliphatic rings. The number of nitrogens with one attached hydrogen (secondary N) is 1. The van der Waals surface area contributed by atoms with E-state index in [2.05, 4.69) is 31.1 Å². The highest BCUT2D eigenvalue weighted by molar-refractivity contribution is 9.10. The molecule has 0 fully saturated rings. The van der Waals surface area contributed by atoms with Crippen molar-refractivity contribution < 1.29 is 12.8 Å². The highest BCUT2D eigenvalue weighted by atomic mass is 79.9. The molecular formula is C8H4BrClFN3O2S. The highest BCUT2D eigenvalue weighted by Gasteiger charge is 2.18. The molecule has 9 heteroatoms. The van der Waals surface area contributed by atoms with Gasteiger partial charge in [0, 0.05) is 15.2 Å². The molecule has 2 rings (SSSR count). The zero-order valence-electron chi connectivity index (χ0n) is 7.99. The van der Waals surface area contributed by atoms with Gasteiger partial charge < -0.3 is 0 Å². The summed E-state index contributed by atoms with van der Waals surface area (Å²) in [5, 5.41) is 5.20. The molecule has 0 bridgehead atoms. The fraction of sp³-hybridized carbons (Fsp3) is 0. The van der Waals surface area contributed by atoms with Crippen molar-refractivity contribution in [3.05, 3.63) is 28.5 Å². The minimum absolute atomic E-state index is 0.0715. The van der Waals surface area contributed by atoms with Crippen molar-refractivity contribution in [2.75, 3.05) is 0 Å². The number of hydrogen-bond acceptors (Lipinski definition) is 4. The van der Waals surface area contributed by atoms with E-state index in [9.17, 15) is 12.8 Å². The lowest BCUT2D eigenvalue weighted by atomic mass is 10.2. The van der Waals surface area contributed by atoms with E-state index in [1.807, 2.05) is 0 Å². The maximum absolute atomic E-state index is 13.5. The first-order valence-corrected chi connectivity index (χ1v) is 7.30. The van der Waals surface area contributed by atoms with Crippen molar-refractivity contribution in [2.45, 2.75) is 5.16 Å². The Morgan fingerprint density at radius 2 is 2.12 bits per heavy atom. The van der Waals surface area contributed by atoms with Crippen LogP contribution in [0.2, 0.25) is 0 Å². The van der Waals surface area contributed by atoms with Crippen LogP contribution in [-0.4, -0.2) is 23.6 Å². The summed E-state index contributed by atoms with van der Waals surface area (Å²) in [5.74, 6) is -0.645. The molecule has 0 amide bonds. The van der Waals surface area contributed by atoms with Crippen LogP contribution in [0.1, 0.15) is 0 Å². The van der Waals surface area contributed by atoms with Gasteiger partial charge in [-0.25, -0.2) is 17.9 Å². The van der Waals surface area contributed by atoms with E-state index in [0.717, 1.165) is 0 Å². The van der Waals surface area contributed by atoms with Gasteiger partial charge in [0.25, 0.3) is 14.2 Å². The topological polar surface area (TPSA) is 75.7 Å². The Morgan fingerprint density at radius 3 is 2.71 bits per heavy atom. The Labute approximate surface area is 109 Å². The van der Waals surface area contributed by atoms with E-state index in [-0.39, 0.29) is 11.4 Å². The van der Waals surface area contributed by atoms with E-state index < -0.39 is 20.0 Å². The van der Waals surface area contributed by atoms with Gasteiger partial charge in [0.15, 0.2) is 5.82 Å². The minimum atomic E-state index is -4.00. The predicted octanol–water partition coefficient (Wildman–Crippen LogP) is 2.30. The average molecular weight is 341 g/mol. The van der Waals surface area contributed by atoms with Crippen LogP contribution in [0.3, 0.4) is 0 Å². The molecule has 0 atom stereocenters. The molecule has 0 saturated heterocycles. The van der Waals surface area contributed by atoms with Crippen LogP contribution in [0, 0.1) is 5.82 Å². The second kappa shape index (κ2) is 4.35. The van der Waals surface area contributed by atoms with Gasteiger partial charge >= 0.3 is 0 Å². The van der Waals surface area contributed by atoms with E-state index in [0.29, 0.717) is 4.47 Å². The Hall–Kier alpha value is -0.990. The van der Waals surface area contributed by atoms with Crippen molar-refractivity contribution in [3.8, 4) is 11.4 Å². The van der Waals surface area contributed by atoms with Crippen molar-refractivity contribution in [1.29, 1.82) is 0 Å². The van der Waals surface area contributed by atoms with Crippen LogP contribution in [0.4, 0.5) is 4.39 Å².